The Labute approximate surface area is 324 Å². The standard InChI is InChI=1S/C53H32N2O/c1-2-14-35(15-3-1)52-54-47(34-30-28-33(29-31-34)36-20-12-22-42-40-19-7-11-27-49(40)56-51(36)42)32-48(55-52)43-23-13-21-41-39-18-6-10-26-46(39)53(50(41)43)44-24-8-4-16-37(44)38-17-5-9-25-45(38)53/h1-32H. The average Bonchev–Trinajstić information content (AvgIpc) is 3.91. The van der Waals surface area contributed by atoms with E-state index in [4.69, 9.17) is 14.4 Å². The first kappa shape index (κ1) is 31.0. The van der Waals surface area contributed by atoms with Crippen molar-refractivity contribution in [3.63, 3.8) is 0 Å². The largest absolute Gasteiger partial charge is 0.455 e. The molecule has 2 aromatic heterocycles. The lowest BCUT2D eigenvalue weighted by Gasteiger charge is -2.32. The predicted octanol–water partition coefficient (Wildman–Crippen LogP) is 13.4. The molecular weight excluding hydrogens is 681 g/mol. The molecule has 2 heterocycles. The number of nitrogens with zero attached hydrogens (tertiary/aromatic N) is 2. The highest BCUT2D eigenvalue weighted by atomic mass is 16.3. The first-order valence-electron chi connectivity index (χ1n) is 19.2. The van der Waals surface area contributed by atoms with Gasteiger partial charge in [-0.3, -0.25) is 0 Å². The van der Waals surface area contributed by atoms with E-state index < -0.39 is 5.41 Å². The van der Waals surface area contributed by atoms with Gasteiger partial charge in [-0.05, 0) is 62.2 Å². The Morgan fingerprint density at radius 3 is 1.61 bits per heavy atom. The number of fused-ring (bicyclic) bond motifs is 13. The van der Waals surface area contributed by atoms with Crippen LogP contribution in [-0.2, 0) is 5.41 Å². The molecule has 0 saturated heterocycles. The predicted molar refractivity (Wildman–Crippen MR) is 227 cm³/mol. The van der Waals surface area contributed by atoms with Gasteiger partial charge in [-0.15, -0.1) is 0 Å². The molecule has 2 aliphatic carbocycles. The van der Waals surface area contributed by atoms with Gasteiger partial charge < -0.3 is 4.42 Å². The highest BCUT2D eigenvalue weighted by Gasteiger charge is 2.52. The maximum atomic E-state index is 6.41. The van der Waals surface area contributed by atoms with Crippen LogP contribution in [0.1, 0.15) is 22.3 Å². The molecule has 12 rings (SSSR count). The van der Waals surface area contributed by atoms with Crippen molar-refractivity contribution in [3.8, 4) is 67.3 Å². The van der Waals surface area contributed by atoms with E-state index in [0.717, 1.165) is 61.1 Å². The van der Waals surface area contributed by atoms with Crippen LogP contribution < -0.4 is 0 Å². The van der Waals surface area contributed by atoms with Gasteiger partial charge in [-0.25, -0.2) is 9.97 Å². The molecular formula is C53H32N2O. The molecule has 0 fully saturated rings. The van der Waals surface area contributed by atoms with Crippen molar-refractivity contribution < 1.29 is 4.42 Å². The van der Waals surface area contributed by atoms with Gasteiger partial charge >= 0.3 is 0 Å². The monoisotopic (exact) mass is 712 g/mol. The molecule has 3 nitrogen and oxygen atoms in total. The Hall–Kier alpha value is -7.36. The number of aromatic nitrogens is 2. The number of para-hydroxylation sites is 2. The summed E-state index contributed by atoms with van der Waals surface area (Å²) in [6, 6.07) is 69.4. The normalized spacial score (nSPS) is 13.1. The summed E-state index contributed by atoms with van der Waals surface area (Å²) in [5.74, 6) is 0.698. The van der Waals surface area contributed by atoms with E-state index in [1.165, 1.54) is 44.5 Å². The second-order valence-corrected chi connectivity index (χ2v) is 14.8. The third kappa shape index (κ3) is 4.28. The smallest absolute Gasteiger partial charge is 0.160 e. The average molecular weight is 713 g/mol. The summed E-state index contributed by atoms with van der Waals surface area (Å²) in [5.41, 5.74) is 18.6. The molecule has 8 aromatic carbocycles. The third-order valence-electron chi connectivity index (χ3n) is 11.9. The minimum Gasteiger partial charge on any atom is -0.455 e. The molecule has 260 valence electrons. The van der Waals surface area contributed by atoms with Crippen molar-refractivity contribution in [2.75, 3.05) is 0 Å². The summed E-state index contributed by atoms with van der Waals surface area (Å²) < 4.78 is 6.41. The van der Waals surface area contributed by atoms with Crippen LogP contribution in [0.4, 0.5) is 0 Å². The lowest BCUT2D eigenvalue weighted by atomic mass is 9.69. The molecule has 56 heavy (non-hydrogen) atoms. The quantitative estimate of drug-likeness (QED) is 0.182. The molecule has 0 amide bonds. The lowest BCUT2D eigenvalue weighted by Crippen LogP contribution is -2.26. The second kappa shape index (κ2) is 11.8. The van der Waals surface area contributed by atoms with Crippen molar-refractivity contribution in [1.29, 1.82) is 0 Å². The number of hydrogen-bond acceptors (Lipinski definition) is 3. The molecule has 10 aromatic rings. The maximum absolute atomic E-state index is 6.41. The molecule has 0 aliphatic heterocycles. The minimum absolute atomic E-state index is 0.493. The fraction of sp³-hybridized carbons (Fsp3) is 0.0189. The van der Waals surface area contributed by atoms with Crippen LogP contribution >= 0.6 is 0 Å². The number of rotatable bonds is 4. The summed E-state index contributed by atoms with van der Waals surface area (Å²) in [6.45, 7) is 0. The van der Waals surface area contributed by atoms with Gasteiger partial charge in [-0.2, -0.15) is 0 Å². The summed E-state index contributed by atoms with van der Waals surface area (Å²) in [7, 11) is 0. The van der Waals surface area contributed by atoms with Gasteiger partial charge in [0.05, 0.1) is 16.8 Å². The Kier molecular flexibility index (Phi) is 6.55. The Balaban J connectivity index is 1.07. The maximum Gasteiger partial charge on any atom is 0.160 e. The fourth-order valence-corrected chi connectivity index (χ4v) is 9.61. The zero-order valence-corrected chi connectivity index (χ0v) is 30.3. The first-order valence-corrected chi connectivity index (χ1v) is 19.2. The molecule has 1 spiro atoms. The Morgan fingerprint density at radius 1 is 0.357 bits per heavy atom. The van der Waals surface area contributed by atoms with Gasteiger partial charge in [0.2, 0.25) is 0 Å². The van der Waals surface area contributed by atoms with Crippen molar-refractivity contribution in [1.82, 2.24) is 9.97 Å². The van der Waals surface area contributed by atoms with Gasteiger partial charge in [0.15, 0.2) is 5.82 Å². The van der Waals surface area contributed by atoms with Crippen LogP contribution in [0.5, 0.6) is 0 Å². The zero-order chi connectivity index (χ0) is 36.8. The van der Waals surface area contributed by atoms with Crippen LogP contribution in [0, 0.1) is 0 Å². The number of benzene rings is 8. The molecule has 2 aliphatic rings. The van der Waals surface area contributed by atoms with E-state index in [1.807, 2.05) is 18.2 Å². The number of furan rings is 1. The Bertz CT molecular complexity index is 3130. The minimum atomic E-state index is -0.493. The van der Waals surface area contributed by atoms with Crippen LogP contribution in [0.25, 0.3) is 89.2 Å². The van der Waals surface area contributed by atoms with Gasteiger partial charge in [0.25, 0.3) is 0 Å². The molecule has 0 N–H and O–H groups in total. The fourth-order valence-electron chi connectivity index (χ4n) is 9.61. The van der Waals surface area contributed by atoms with Gasteiger partial charge in [0, 0.05) is 33.0 Å². The summed E-state index contributed by atoms with van der Waals surface area (Å²) in [5, 5.41) is 2.25. The third-order valence-corrected chi connectivity index (χ3v) is 11.9. The number of hydrogen-bond donors (Lipinski definition) is 0. The summed E-state index contributed by atoms with van der Waals surface area (Å²) in [4.78, 5) is 10.6. The van der Waals surface area contributed by atoms with Crippen LogP contribution in [0.2, 0.25) is 0 Å². The van der Waals surface area contributed by atoms with E-state index in [-0.39, 0.29) is 0 Å². The molecule has 0 radical (unpaired) electrons. The first-order chi connectivity index (χ1) is 27.8. The van der Waals surface area contributed by atoms with Crippen molar-refractivity contribution in [2.24, 2.45) is 0 Å². The molecule has 0 bridgehead atoms. The highest BCUT2D eigenvalue weighted by Crippen LogP contribution is 2.64. The topological polar surface area (TPSA) is 38.9 Å². The van der Waals surface area contributed by atoms with Gasteiger partial charge in [-0.1, -0.05) is 182 Å². The summed E-state index contributed by atoms with van der Waals surface area (Å²) in [6.07, 6.45) is 0. The van der Waals surface area contributed by atoms with Crippen molar-refractivity contribution in [3.05, 3.63) is 216 Å². The van der Waals surface area contributed by atoms with Gasteiger partial charge in [0.1, 0.15) is 11.2 Å². The zero-order valence-electron chi connectivity index (χ0n) is 30.3. The molecule has 3 heteroatoms. The van der Waals surface area contributed by atoms with Crippen LogP contribution in [-0.4, -0.2) is 9.97 Å². The van der Waals surface area contributed by atoms with E-state index in [2.05, 4.69) is 176 Å². The Morgan fingerprint density at radius 2 is 0.875 bits per heavy atom. The highest BCUT2D eigenvalue weighted by molar-refractivity contribution is 6.09. The molecule has 0 atom stereocenters. The lowest BCUT2D eigenvalue weighted by molar-refractivity contribution is 0.670. The van der Waals surface area contributed by atoms with E-state index >= 15 is 0 Å². The van der Waals surface area contributed by atoms with Crippen LogP contribution in [0.15, 0.2) is 199 Å². The van der Waals surface area contributed by atoms with E-state index in [0.29, 0.717) is 5.82 Å². The summed E-state index contributed by atoms with van der Waals surface area (Å²) >= 11 is 0. The molecule has 0 saturated carbocycles. The second-order valence-electron chi connectivity index (χ2n) is 14.8. The van der Waals surface area contributed by atoms with E-state index in [9.17, 15) is 0 Å². The van der Waals surface area contributed by atoms with Crippen molar-refractivity contribution in [2.45, 2.75) is 5.41 Å². The van der Waals surface area contributed by atoms with Crippen molar-refractivity contribution >= 4 is 21.9 Å². The SMILES string of the molecule is c1ccc(-c2nc(-c3ccc(-c4cccc5c4oc4ccccc45)cc3)cc(-c3cccc4c3C3(c5ccccc5-c5ccccc53)c3ccccc3-4)n2)cc1. The van der Waals surface area contributed by atoms with E-state index in [1.54, 1.807) is 0 Å². The molecule has 0 unspecified atom stereocenters. The van der Waals surface area contributed by atoms with Crippen LogP contribution in [0.3, 0.4) is 0 Å².